The fourth-order valence-electron chi connectivity index (χ4n) is 2.34. The molecule has 0 radical (unpaired) electrons. The van der Waals surface area contributed by atoms with Crippen molar-refractivity contribution in [3.05, 3.63) is 27.7 Å². The number of nitrogen functional groups attached to an aromatic ring is 1. The van der Waals surface area contributed by atoms with Gasteiger partial charge in [-0.3, -0.25) is 14.8 Å². The van der Waals surface area contributed by atoms with E-state index in [0.717, 1.165) is 24.1 Å². The van der Waals surface area contributed by atoms with Crippen LogP contribution in [0.5, 0.6) is 0 Å². The smallest absolute Gasteiger partial charge is 0.284 e. The first-order valence-electron chi connectivity index (χ1n) is 5.99. The largest absolute Gasteiger partial charge is 0.294 e. The predicted octanol–water partition coefficient (Wildman–Crippen LogP) is 1.03. The van der Waals surface area contributed by atoms with E-state index in [1.807, 2.05) is 24.5 Å². The van der Waals surface area contributed by atoms with E-state index in [-0.39, 0.29) is 5.56 Å². The van der Waals surface area contributed by atoms with Crippen LogP contribution in [0.1, 0.15) is 30.1 Å². The van der Waals surface area contributed by atoms with Crippen molar-refractivity contribution >= 4 is 17.0 Å². The molecule has 3 rings (SSSR count). The molecule has 0 unspecified atom stereocenters. The van der Waals surface area contributed by atoms with Crippen molar-refractivity contribution in [2.45, 2.75) is 32.7 Å². The summed E-state index contributed by atoms with van der Waals surface area (Å²) in [4.78, 5) is 20.5. The molecule has 6 heteroatoms. The number of nitrogens with two attached hydrogens (primary N) is 1. The molecule has 18 heavy (non-hydrogen) atoms. The van der Waals surface area contributed by atoms with E-state index in [2.05, 4.69) is 15.4 Å². The molecule has 1 aliphatic rings. The highest BCUT2D eigenvalue weighted by Crippen LogP contribution is 2.38. The number of hydrogen-bond acceptors (Lipinski definition) is 5. The minimum absolute atomic E-state index is 0.278. The first-order chi connectivity index (χ1) is 8.61. The zero-order valence-corrected chi connectivity index (χ0v) is 10.4. The van der Waals surface area contributed by atoms with Crippen LogP contribution in [-0.4, -0.2) is 14.5 Å². The van der Waals surface area contributed by atoms with Crippen molar-refractivity contribution in [1.82, 2.24) is 14.5 Å². The van der Waals surface area contributed by atoms with Crippen molar-refractivity contribution in [2.75, 3.05) is 5.43 Å². The minimum Gasteiger partial charge on any atom is -0.294 e. The van der Waals surface area contributed by atoms with Crippen molar-refractivity contribution in [3.8, 4) is 0 Å². The maximum absolute atomic E-state index is 12.0. The van der Waals surface area contributed by atoms with Crippen LogP contribution in [-0.2, 0) is 0 Å². The van der Waals surface area contributed by atoms with Crippen LogP contribution < -0.4 is 16.8 Å². The Labute approximate surface area is 104 Å². The van der Waals surface area contributed by atoms with E-state index in [0.29, 0.717) is 23.0 Å². The van der Waals surface area contributed by atoms with E-state index >= 15 is 0 Å². The number of hydrazine groups is 1. The molecule has 2 heterocycles. The van der Waals surface area contributed by atoms with Crippen LogP contribution in [0.15, 0.2) is 10.9 Å². The molecule has 3 N–H and O–H groups in total. The first kappa shape index (κ1) is 11.2. The lowest BCUT2D eigenvalue weighted by Gasteiger charge is -2.14. The second kappa shape index (κ2) is 3.78. The molecule has 0 amide bonds. The van der Waals surface area contributed by atoms with E-state index < -0.39 is 0 Å². The topological polar surface area (TPSA) is 85.8 Å². The molecule has 6 nitrogen and oxygen atoms in total. The van der Waals surface area contributed by atoms with Crippen molar-refractivity contribution in [3.63, 3.8) is 0 Å². The predicted molar refractivity (Wildman–Crippen MR) is 69.4 cm³/mol. The summed E-state index contributed by atoms with van der Waals surface area (Å²) in [6.45, 7) is 3.83. The van der Waals surface area contributed by atoms with Crippen LogP contribution in [0.4, 0.5) is 5.95 Å². The number of nitrogens with one attached hydrogen (secondary N) is 1. The van der Waals surface area contributed by atoms with Gasteiger partial charge in [0.05, 0.1) is 5.39 Å². The summed E-state index contributed by atoms with van der Waals surface area (Å²) in [6, 6.07) is 2.25. The number of aromatic nitrogens is 3. The van der Waals surface area contributed by atoms with E-state index in [1.165, 1.54) is 0 Å². The normalized spacial score (nSPS) is 15.1. The Balaban J connectivity index is 2.48. The molecule has 1 saturated carbocycles. The second-order valence-electron chi connectivity index (χ2n) is 4.77. The third kappa shape index (κ3) is 1.57. The Morgan fingerprint density at radius 2 is 2.11 bits per heavy atom. The minimum atomic E-state index is -0.278. The lowest BCUT2D eigenvalue weighted by molar-refractivity contribution is 0.739. The molecule has 1 fully saturated rings. The molecule has 2 aromatic heterocycles. The number of fused-ring (bicyclic) bond motifs is 1. The average Bonchev–Trinajstić information content (AvgIpc) is 3.11. The molecule has 0 atom stereocenters. The quantitative estimate of drug-likeness (QED) is 0.609. The maximum atomic E-state index is 12.0. The van der Waals surface area contributed by atoms with Gasteiger partial charge in [0.15, 0.2) is 0 Å². The van der Waals surface area contributed by atoms with Crippen LogP contribution in [0.2, 0.25) is 0 Å². The second-order valence-corrected chi connectivity index (χ2v) is 4.77. The first-order valence-corrected chi connectivity index (χ1v) is 5.99. The molecular weight excluding hydrogens is 230 g/mol. The Hall–Kier alpha value is -1.95. The van der Waals surface area contributed by atoms with Gasteiger partial charge >= 0.3 is 0 Å². The van der Waals surface area contributed by atoms with Crippen molar-refractivity contribution in [2.24, 2.45) is 5.84 Å². The standard InChI is InChI=1S/C12H15N5O/c1-6-5-7(2)14-10-9(6)11(18)15-12(16-13)17(10)8-3-4-8/h5,8H,3-4,13H2,1-2H3,(H,15,16,18). The number of pyridine rings is 1. The fourth-order valence-corrected chi connectivity index (χ4v) is 2.34. The number of anilines is 1. The highest BCUT2D eigenvalue weighted by molar-refractivity contribution is 5.79. The Morgan fingerprint density at radius 3 is 2.72 bits per heavy atom. The molecular formula is C12H15N5O. The molecule has 0 aliphatic heterocycles. The summed E-state index contributed by atoms with van der Waals surface area (Å²) in [5.74, 6) is 5.85. The van der Waals surface area contributed by atoms with E-state index in [9.17, 15) is 4.79 Å². The molecule has 0 aromatic carbocycles. The molecule has 0 bridgehead atoms. The number of rotatable bonds is 2. The molecule has 0 saturated heterocycles. The summed E-state index contributed by atoms with van der Waals surface area (Å²) in [5.41, 5.74) is 4.71. The van der Waals surface area contributed by atoms with Crippen molar-refractivity contribution < 1.29 is 0 Å². The van der Waals surface area contributed by atoms with E-state index in [4.69, 9.17) is 5.84 Å². The molecule has 94 valence electrons. The van der Waals surface area contributed by atoms with Gasteiger partial charge in [-0.2, -0.15) is 4.98 Å². The van der Waals surface area contributed by atoms with Crippen molar-refractivity contribution in [1.29, 1.82) is 0 Å². The van der Waals surface area contributed by atoms with Crippen LogP contribution >= 0.6 is 0 Å². The lowest BCUT2D eigenvalue weighted by atomic mass is 10.2. The van der Waals surface area contributed by atoms with Crippen LogP contribution in [0.3, 0.4) is 0 Å². The third-order valence-electron chi connectivity index (χ3n) is 3.24. The summed E-state index contributed by atoms with van der Waals surface area (Å²) in [5, 5.41) is 0.589. The highest BCUT2D eigenvalue weighted by atomic mass is 16.1. The Kier molecular flexibility index (Phi) is 2.34. The molecule has 1 aliphatic carbocycles. The fraction of sp³-hybridized carbons (Fsp3) is 0.417. The van der Waals surface area contributed by atoms with E-state index in [1.54, 1.807) is 0 Å². The molecule has 0 spiro atoms. The number of aryl methyl sites for hydroxylation is 2. The monoisotopic (exact) mass is 245 g/mol. The van der Waals surface area contributed by atoms with Gasteiger partial charge in [-0.1, -0.05) is 0 Å². The van der Waals surface area contributed by atoms with Crippen LogP contribution in [0, 0.1) is 13.8 Å². The summed E-state index contributed by atoms with van der Waals surface area (Å²) in [6.07, 6.45) is 2.14. The lowest BCUT2D eigenvalue weighted by Crippen LogP contribution is -2.23. The Morgan fingerprint density at radius 1 is 1.39 bits per heavy atom. The van der Waals surface area contributed by atoms with Gasteiger partial charge in [-0.15, -0.1) is 0 Å². The van der Waals surface area contributed by atoms with Gasteiger partial charge in [-0.25, -0.2) is 10.8 Å². The Bertz CT molecular complexity index is 687. The van der Waals surface area contributed by atoms with Gasteiger partial charge in [0.1, 0.15) is 5.65 Å². The summed E-state index contributed by atoms with van der Waals surface area (Å²) < 4.78 is 1.94. The third-order valence-corrected chi connectivity index (χ3v) is 3.24. The van der Waals surface area contributed by atoms with Gasteiger partial charge in [-0.05, 0) is 38.3 Å². The zero-order valence-electron chi connectivity index (χ0n) is 10.4. The maximum Gasteiger partial charge on any atom is 0.284 e. The van der Waals surface area contributed by atoms with Crippen LogP contribution in [0.25, 0.3) is 11.0 Å². The van der Waals surface area contributed by atoms with Gasteiger partial charge < -0.3 is 0 Å². The number of hydrogen-bond donors (Lipinski definition) is 2. The molecule has 2 aromatic rings. The summed E-state index contributed by atoms with van der Waals surface area (Å²) in [7, 11) is 0. The van der Waals surface area contributed by atoms with Gasteiger partial charge in [0, 0.05) is 11.7 Å². The number of nitrogens with zero attached hydrogens (tertiary/aromatic N) is 3. The average molecular weight is 245 g/mol. The SMILES string of the molecule is Cc1cc(C)c2c(=O)nc(NN)n(C3CC3)c2n1. The zero-order chi connectivity index (χ0) is 12.9. The highest BCUT2D eigenvalue weighted by Gasteiger charge is 2.28. The van der Waals surface area contributed by atoms with Gasteiger partial charge in [0.2, 0.25) is 5.95 Å². The summed E-state index contributed by atoms with van der Waals surface area (Å²) >= 11 is 0. The van der Waals surface area contributed by atoms with Gasteiger partial charge in [0.25, 0.3) is 5.56 Å².